The lowest BCUT2D eigenvalue weighted by Gasteiger charge is -2.29. The molecular formula is C15H24N2O2. The van der Waals surface area contributed by atoms with Crippen molar-refractivity contribution < 1.29 is 9.90 Å². The second-order valence-electron chi connectivity index (χ2n) is 5.41. The van der Waals surface area contributed by atoms with E-state index in [1.165, 1.54) is 0 Å². The number of carbonyl (C=O) groups is 1. The number of nitrogens with one attached hydrogen (secondary N) is 2. The minimum absolute atomic E-state index is 0.0516. The molecule has 0 aliphatic carbocycles. The van der Waals surface area contributed by atoms with Crippen molar-refractivity contribution in [2.75, 3.05) is 19.7 Å². The second-order valence-corrected chi connectivity index (χ2v) is 5.41. The van der Waals surface area contributed by atoms with Crippen LogP contribution < -0.4 is 10.6 Å². The van der Waals surface area contributed by atoms with Crippen LogP contribution in [-0.2, 0) is 10.3 Å². The highest BCUT2D eigenvalue weighted by Crippen LogP contribution is 2.19. The molecule has 1 amide bonds. The van der Waals surface area contributed by atoms with Crippen LogP contribution in [0.25, 0.3) is 0 Å². The van der Waals surface area contributed by atoms with Gasteiger partial charge in [0.05, 0.1) is 18.7 Å². The van der Waals surface area contributed by atoms with Crippen molar-refractivity contribution in [3.05, 3.63) is 35.9 Å². The van der Waals surface area contributed by atoms with Gasteiger partial charge in [-0.3, -0.25) is 10.1 Å². The normalized spacial score (nSPS) is 14.2. The van der Waals surface area contributed by atoms with E-state index in [4.69, 9.17) is 0 Å². The Morgan fingerprint density at radius 3 is 2.47 bits per heavy atom. The Kier molecular flexibility index (Phi) is 5.99. The summed E-state index contributed by atoms with van der Waals surface area (Å²) < 4.78 is 0. The summed E-state index contributed by atoms with van der Waals surface area (Å²) >= 11 is 0. The summed E-state index contributed by atoms with van der Waals surface area (Å²) in [6, 6.07) is 9.65. The first-order chi connectivity index (χ1) is 8.98. The first kappa shape index (κ1) is 15.7. The molecule has 4 heteroatoms. The van der Waals surface area contributed by atoms with Crippen LogP contribution in [0.15, 0.2) is 30.3 Å². The molecule has 0 saturated carbocycles. The van der Waals surface area contributed by atoms with Crippen molar-refractivity contribution in [1.29, 1.82) is 0 Å². The maximum Gasteiger partial charge on any atom is 0.233 e. The molecule has 0 aliphatic heterocycles. The monoisotopic (exact) mass is 264 g/mol. The minimum atomic E-state index is -0.601. The van der Waals surface area contributed by atoms with Crippen LogP contribution >= 0.6 is 0 Å². The van der Waals surface area contributed by atoms with Crippen LogP contribution in [0.2, 0.25) is 0 Å². The molecule has 0 heterocycles. The van der Waals surface area contributed by atoms with Crippen molar-refractivity contribution in [3.8, 4) is 0 Å². The summed E-state index contributed by atoms with van der Waals surface area (Å²) in [5.74, 6) is 0.381. The summed E-state index contributed by atoms with van der Waals surface area (Å²) in [6.07, 6.45) is 0. The molecule has 0 bridgehead atoms. The van der Waals surface area contributed by atoms with Gasteiger partial charge in [-0.2, -0.15) is 0 Å². The van der Waals surface area contributed by atoms with Gasteiger partial charge in [0.2, 0.25) is 5.91 Å². The average molecular weight is 264 g/mol. The molecular weight excluding hydrogens is 240 g/mol. The van der Waals surface area contributed by atoms with Crippen molar-refractivity contribution in [2.24, 2.45) is 5.92 Å². The lowest BCUT2D eigenvalue weighted by atomic mass is 9.93. The third-order valence-electron chi connectivity index (χ3n) is 3.07. The summed E-state index contributed by atoms with van der Waals surface area (Å²) in [5, 5.41) is 15.5. The zero-order valence-electron chi connectivity index (χ0n) is 11.9. The molecule has 0 aliphatic rings. The molecule has 1 unspecified atom stereocenters. The van der Waals surface area contributed by atoms with Crippen LogP contribution in [0.3, 0.4) is 0 Å². The highest BCUT2D eigenvalue weighted by molar-refractivity contribution is 5.78. The predicted octanol–water partition coefficient (Wildman–Crippen LogP) is 1.26. The summed E-state index contributed by atoms with van der Waals surface area (Å²) in [4.78, 5) is 11.7. The van der Waals surface area contributed by atoms with Gasteiger partial charge in [0, 0.05) is 6.54 Å². The molecule has 19 heavy (non-hydrogen) atoms. The second kappa shape index (κ2) is 7.26. The standard InChI is InChI=1S/C15H24N2O2/c1-12(2)9-16-14(19)10-17-15(3,11-18)13-7-5-4-6-8-13/h4-8,12,17-18H,9-11H2,1-3H3,(H,16,19). The molecule has 1 aromatic rings. The number of benzene rings is 1. The topological polar surface area (TPSA) is 61.4 Å². The Labute approximate surface area is 115 Å². The predicted molar refractivity (Wildman–Crippen MR) is 76.7 cm³/mol. The van der Waals surface area contributed by atoms with E-state index in [0.717, 1.165) is 5.56 Å². The zero-order valence-corrected chi connectivity index (χ0v) is 11.9. The molecule has 4 nitrogen and oxygen atoms in total. The molecule has 0 spiro atoms. The highest BCUT2D eigenvalue weighted by Gasteiger charge is 2.25. The Balaban J connectivity index is 2.55. The molecule has 0 radical (unpaired) electrons. The van der Waals surface area contributed by atoms with E-state index in [2.05, 4.69) is 24.5 Å². The molecule has 1 rings (SSSR count). The quantitative estimate of drug-likeness (QED) is 0.695. The Morgan fingerprint density at radius 2 is 1.95 bits per heavy atom. The molecule has 3 N–H and O–H groups in total. The van der Waals surface area contributed by atoms with E-state index in [-0.39, 0.29) is 19.1 Å². The van der Waals surface area contributed by atoms with Gasteiger partial charge < -0.3 is 10.4 Å². The van der Waals surface area contributed by atoms with Gasteiger partial charge in [0.15, 0.2) is 0 Å². The van der Waals surface area contributed by atoms with Crippen LogP contribution in [0, 0.1) is 5.92 Å². The zero-order chi connectivity index (χ0) is 14.3. The lowest BCUT2D eigenvalue weighted by Crippen LogP contribution is -2.47. The number of hydrogen-bond acceptors (Lipinski definition) is 3. The number of rotatable bonds is 7. The summed E-state index contributed by atoms with van der Waals surface area (Å²) in [7, 11) is 0. The number of aliphatic hydroxyl groups is 1. The highest BCUT2D eigenvalue weighted by atomic mass is 16.3. The van der Waals surface area contributed by atoms with E-state index in [1.807, 2.05) is 37.3 Å². The van der Waals surface area contributed by atoms with E-state index >= 15 is 0 Å². The number of carbonyl (C=O) groups excluding carboxylic acids is 1. The van der Waals surface area contributed by atoms with E-state index in [9.17, 15) is 9.90 Å². The van der Waals surface area contributed by atoms with E-state index < -0.39 is 5.54 Å². The van der Waals surface area contributed by atoms with Crippen molar-refractivity contribution in [3.63, 3.8) is 0 Å². The number of aliphatic hydroxyl groups excluding tert-OH is 1. The fourth-order valence-electron chi connectivity index (χ4n) is 1.71. The fourth-order valence-corrected chi connectivity index (χ4v) is 1.71. The average Bonchev–Trinajstić information content (AvgIpc) is 2.43. The Morgan fingerprint density at radius 1 is 1.32 bits per heavy atom. The van der Waals surface area contributed by atoms with E-state index in [1.54, 1.807) is 0 Å². The van der Waals surface area contributed by atoms with Gasteiger partial charge in [0.1, 0.15) is 0 Å². The molecule has 0 aromatic heterocycles. The summed E-state index contributed by atoms with van der Waals surface area (Å²) in [5.41, 5.74) is 0.366. The SMILES string of the molecule is CC(C)CNC(=O)CNC(C)(CO)c1ccccc1. The van der Waals surface area contributed by atoms with Gasteiger partial charge in [-0.05, 0) is 18.4 Å². The maximum atomic E-state index is 11.7. The Bertz CT molecular complexity index is 392. The Hall–Kier alpha value is -1.39. The first-order valence-corrected chi connectivity index (χ1v) is 6.66. The van der Waals surface area contributed by atoms with Gasteiger partial charge in [-0.1, -0.05) is 44.2 Å². The third-order valence-corrected chi connectivity index (χ3v) is 3.07. The van der Waals surface area contributed by atoms with Crippen LogP contribution in [0.5, 0.6) is 0 Å². The molecule has 106 valence electrons. The fraction of sp³-hybridized carbons (Fsp3) is 0.533. The molecule has 1 atom stereocenters. The van der Waals surface area contributed by atoms with Crippen molar-refractivity contribution in [2.45, 2.75) is 26.3 Å². The molecule has 0 fully saturated rings. The first-order valence-electron chi connectivity index (χ1n) is 6.66. The smallest absolute Gasteiger partial charge is 0.233 e. The molecule has 1 aromatic carbocycles. The van der Waals surface area contributed by atoms with Gasteiger partial charge in [0.25, 0.3) is 0 Å². The summed E-state index contributed by atoms with van der Waals surface area (Å²) in [6.45, 7) is 6.79. The van der Waals surface area contributed by atoms with Gasteiger partial charge in [-0.15, -0.1) is 0 Å². The van der Waals surface area contributed by atoms with E-state index in [0.29, 0.717) is 12.5 Å². The maximum absolute atomic E-state index is 11.7. The number of amides is 1. The number of hydrogen-bond donors (Lipinski definition) is 3. The van der Waals surface area contributed by atoms with Crippen LogP contribution in [0.1, 0.15) is 26.3 Å². The van der Waals surface area contributed by atoms with Crippen LogP contribution in [0.4, 0.5) is 0 Å². The third kappa shape index (κ3) is 5.01. The van der Waals surface area contributed by atoms with Crippen molar-refractivity contribution >= 4 is 5.91 Å². The minimum Gasteiger partial charge on any atom is -0.394 e. The lowest BCUT2D eigenvalue weighted by molar-refractivity contribution is -0.120. The van der Waals surface area contributed by atoms with Crippen molar-refractivity contribution in [1.82, 2.24) is 10.6 Å². The van der Waals surface area contributed by atoms with Gasteiger partial charge >= 0.3 is 0 Å². The largest absolute Gasteiger partial charge is 0.394 e. The van der Waals surface area contributed by atoms with Crippen LogP contribution in [-0.4, -0.2) is 30.7 Å². The molecule has 0 saturated heterocycles. The van der Waals surface area contributed by atoms with Gasteiger partial charge in [-0.25, -0.2) is 0 Å².